The second kappa shape index (κ2) is 11.3. The number of hydrogen-bond acceptors (Lipinski definition) is 9. The summed E-state index contributed by atoms with van der Waals surface area (Å²) in [5.74, 6) is 16.1. The van der Waals surface area contributed by atoms with Crippen LogP contribution in [0.3, 0.4) is 0 Å². The number of hydrogen-bond donors (Lipinski definition) is 7. The lowest BCUT2D eigenvalue weighted by molar-refractivity contribution is -0.120. The molecule has 0 radical (unpaired) electrons. The van der Waals surface area contributed by atoms with Crippen molar-refractivity contribution in [1.29, 1.82) is 0 Å². The van der Waals surface area contributed by atoms with Gasteiger partial charge in [-0.05, 0) is 18.4 Å². The molecule has 10 N–H and O–H groups in total. The lowest BCUT2D eigenvalue weighted by Crippen LogP contribution is -2.56. The van der Waals surface area contributed by atoms with Crippen molar-refractivity contribution >= 4 is 29.5 Å². The number of nitrogens with two attached hydrogens (primary N) is 3. The molecule has 0 bridgehead atoms. The van der Waals surface area contributed by atoms with Gasteiger partial charge in [0.2, 0.25) is 5.96 Å². The number of carbonyl (C=O) groups excluding carboxylic acids is 2. The van der Waals surface area contributed by atoms with E-state index >= 15 is 0 Å². The van der Waals surface area contributed by atoms with E-state index in [0.29, 0.717) is 39.0 Å². The number of piperidine rings is 1. The number of aliphatic imine (C=N–C) groups is 1. The number of rotatable bonds is 5. The molecular weight excluding hydrogens is 504 g/mol. The van der Waals surface area contributed by atoms with Crippen molar-refractivity contribution in [3.05, 3.63) is 46.9 Å². The van der Waals surface area contributed by atoms with Crippen molar-refractivity contribution in [2.24, 2.45) is 43.2 Å². The van der Waals surface area contributed by atoms with Crippen LogP contribution in [0.15, 0.2) is 67.0 Å². The molecular formula is C20H29ClN14O2. The van der Waals surface area contributed by atoms with Crippen LogP contribution in [0.1, 0.15) is 18.4 Å². The highest BCUT2D eigenvalue weighted by atomic mass is 35.5. The van der Waals surface area contributed by atoms with Gasteiger partial charge in [0.05, 0.1) is 12.1 Å². The van der Waals surface area contributed by atoms with Crippen LogP contribution in [0.4, 0.5) is 4.79 Å². The van der Waals surface area contributed by atoms with E-state index in [1.54, 1.807) is 4.90 Å². The van der Waals surface area contributed by atoms with Crippen molar-refractivity contribution in [2.45, 2.75) is 37.1 Å². The van der Waals surface area contributed by atoms with Gasteiger partial charge in [0, 0.05) is 19.6 Å². The predicted octanol–water partition coefficient (Wildman–Crippen LogP) is -0.703. The summed E-state index contributed by atoms with van der Waals surface area (Å²) < 4.78 is 0. The average molecular weight is 533 g/mol. The Morgan fingerprint density at radius 1 is 1.14 bits per heavy atom. The van der Waals surface area contributed by atoms with E-state index in [-0.39, 0.29) is 23.0 Å². The molecule has 2 unspecified atom stereocenters. The molecule has 198 valence electrons. The summed E-state index contributed by atoms with van der Waals surface area (Å²) in [4.78, 5) is 31.6. The van der Waals surface area contributed by atoms with Crippen LogP contribution in [0.2, 0.25) is 0 Å². The van der Waals surface area contributed by atoms with E-state index in [2.05, 4.69) is 46.9 Å². The lowest BCUT2D eigenvalue weighted by atomic mass is 9.88. The second-order valence-corrected chi connectivity index (χ2v) is 9.14. The molecule has 4 rings (SSSR count). The standard InChI is InChI=1S/C20H29ClN14O2/c21-14-16(31-33-23)27-15(30-32-22)13(26-14)17(36)28-18-29-20(11-35(18)24)6-8-34(9-7-20)19(37)25-10-12-4-2-1-3-5-12/h1-5,13,15,26-27H,6-11,24H2,(H2,22,30)(H2,23,31)(H,25,37)(H,28,29,36). The zero-order chi connectivity index (χ0) is 26.4. The number of nitrogens with one attached hydrogen (secondary N) is 4. The van der Waals surface area contributed by atoms with Crippen LogP contribution in [-0.4, -0.2) is 65.2 Å². The highest BCUT2D eigenvalue weighted by Crippen LogP contribution is 2.27. The molecule has 0 aliphatic carbocycles. The normalized spacial score (nSPS) is 24.4. The Morgan fingerprint density at radius 3 is 2.54 bits per heavy atom. The van der Waals surface area contributed by atoms with Gasteiger partial charge in [-0.25, -0.2) is 10.6 Å². The van der Waals surface area contributed by atoms with Gasteiger partial charge in [-0.1, -0.05) is 52.4 Å². The maximum absolute atomic E-state index is 13.0. The molecule has 17 heteroatoms. The summed E-state index contributed by atoms with van der Waals surface area (Å²) in [7, 11) is 0. The summed E-state index contributed by atoms with van der Waals surface area (Å²) in [6.45, 7) is 1.92. The minimum atomic E-state index is -1.05. The number of guanidine groups is 1. The fourth-order valence-electron chi connectivity index (χ4n) is 4.39. The van der Waals surface area contributed by atoms with Crippen molar-refractivity contribution in [3.63, 3.8) is 0 Å². The molecule has 16 nitrogen and oxygen atoms in total. The largest absolute Gasteiger partial charge is 0.358 e. The summed E-state index contributed by atoms with van der Waals surface area (Å²) in [6.07, 6.45) is 0.285. The molecule has 2 saturated heterocycles. The van der Waals surface area contributed by atoms with E-state index in [9.17, 15) is 9.59 Å². The van der Waals surface area contributed by atoms with Gasteiger partial charge in [0.15, 0.2) is 18.0 Å². The topological polar surface area (TPSA) is 229 Å². The minimum absolute atomic E-state index is 0.00501. The Morgan fingerprint density at radius 2 is 1.86 bits per heavy atom. The van der Waals surface area contributed by atoms with E-state index in [0.717, 1.165) is 5.56 Å². The van der Waals surface area contributed by atoms with Crippen molar-refractivity contribution in [3.8, 4) is 0 Å². The maximum Gasteiger partial charge on any atom is 0.317 e. The number of halogens is 1. The molecule has 3 heterocycles. The average Bonchev–Trinajstić information content (AvgIpc) is 3.19. The molecule has 0 saturated carbocycles. The number of benzene rings is 1. The Balaban J connectivity index is 1.36. The third-order valence-electron chi connectivity index (χ3n) is 6.34. The number of hydrazine groups is 1. The third kappa shape index (κ3) is 5.97. The van der Waals surface area contributed by atoms with Gasteiger partial charge in [-0.3, -0.25) is 9.80 Å². The molecule has 2 fully saturated rings. The van der Waals surface area contributed by atoms with E-state index in [4.69, 9.17) is 29.1 Å². The first-order valence-electron chi connectivity index (χ1n) is 11.5. The minimum Gasteiger partial charge on any atom is -0.358 e. The summed E-state index contributed by atoms with van der Waals surface area (Å²) in [5.41, 5.74) is 0.603. The Bertz CT molecular complexity index is 1120. The monoisotopic (exact) mass is 532 g/mol. The van der Waals surface area contributed by atoms with Gasteiger partial charge in [0.1, 0.15) is 5.16 Å². The van der Waals surface area contributed by atoms with Gasteiger partial charge in [-0.15, -0.1) is 10.2 Å². The highest BCUT2D eigenvalue weighted by Gasteiger charge is 2.44. The number of likely N-dealkylation sites (tertiary alicyclic amines) is 1. The fraction of sp³-hybridized carbons (Fsp3) is 0.450. The zero-order valence-corrected chi connectivity index (χ0v) is 20.6. The number of urea groups is 1. The van der Waals surface area contributed by atoms with Crippen LogP contribution in [0.25, 0.3) is 0 Å². The lowest BCUT2D eigenvalue weighted by Gasteiger charge is -2.38. The van der Waals surface area contributed by atoms with Crippen LogP contribution < -0.4 is 38.8 Å². The first kappa shape index (κ1) is 25.9. The third-order valence-corrected chi connectivity index (χ3v) is 6.63. The first-order valence-corrected chi connectivity index (χ1v) is 11.9. The number of amides is 3. The van der Waals surface area contributed by atoms with Crippen molar-refractivity contribution in [1.82, 2.24) is 31.2 Å². The van der Waals surface area contributed by atoms with Crippen LogP contribution >= 0.6 is 11.6 Å². The Hall–Kier alpha value is -4.18. The van der Waals surface area contributed by atoms with Gasteiger partial charge < -0.3 is 37.9 Å². The summed E-state index contributed by atoms with van der Waals surface area (Å²) >= 11 is 6.13. The molecule has 1 aromatic carbocycles. The smallest absolute Gasteiger partial charge is 0.317 e. The Kier molecular flexibility index (Phi) is 7.88. The van der Waals surface area contributed by atoms with Crippen LogP contribution in [-0.2, 0) is 11.3 Å². The van der Waals surface area contributed by atoms with Crippen LogP contribution in [0.5, 0.6) is 0 Å². The van der Waals surface area contributed by atoms with E-state index in [1.165, 1.54) is 5.01 Å². The SMILES string of the molecule is NN=NC1=C(Cl)NC(C(=O)/N=C2/NC3(CCN(C(=O)NCc4ccccc4)CC3)CN2N)C(N=NN)N1. The number of carbonyl (C=O) groups is 2. The quantitative estimate of drug-likeness (QED) is 0.110. The fourth-order valence-corrected chi connectivity index (χ4v) is 4.60. The maximum atomic E-state index is 13.0. The molecule has 3 amide bonds. The summed E-state index contributed by atoms with van der Waals surface area (Å²) in [6, 6.07) is 8.53. The van der Waals surface area contributed by atoms with E-state index in [1.807, 2.05) is 30.3 Å². The van der Waals surface area contributed by atoms with Crippen LogP contribution in [0, 0.1) is 0 Å². The molecule has 2 atom stereocenters. The number of nitrogens with zero attached hydrogens (tertiary/aromatic N) is 7. The Labute approximate surface area is 217 Å². The van der Waals surface area contributed by atoms with Gasteiger partial charge >= 0.3 is 6.03 Å². The second-order valence-electron chi connectivity index (χ2n) is 8.76. The van der Waals surface area contributed by atoms with Crippen molar-refractivity contribution < 1.29 is 9.59 Å². The molecule has 1 spiro atoms. The first-order chi connectivity index (χ1) is 17.8. The van der Waals surface area contributed by atoms with Gasteiger partial charge in [0.25, 0.3) is 5.91 Å². The molecule has 3 aliphatic rings. The predicted molar refractivity (Wildman–Crippen MR) is 134 cm³/mol. The van der Waals surface area contributed by atoms with Gasteiger partial charge in [-0.2, -0.15) is 4.99 Å². The van der Waals surface area contributed by atoms with E-state index < -0.39 is 23.7 Å². The molecule has 0 aromatic heterocycles. The van der Waals surface area contributed by atoms with Crippen molar-refractivity contribution in [2.75, 3.05) is 19.6 Å². The zero-order valence-electron chi connectivity index (χ0n) is 19.8. The summed E-state index contributed by atoms with van der Waals surface area (Å²) in [5, 5.41) is 26.9. The molecule has 3 aliphatic heterocycles. The highest BCUT2D eigenvalue weighted by molar-refractivity contribution is 6.29. The molecule has 37 heavy (non-hydrogen) atoms. The molecule has 1 aromatic rings.